The summed E-state index contributed by atoms with van der Waals surface area (Å²) in [7, 11) is 0. The van der Waals surface area contributed by atoms with Crippen LogP contribution in [0.15, 0.2) is 42.5 Å². The number of hydrogen-bond acceptors (Lipinski definition) is 3. The summed E-state index contributed by atoms with van der Waals surface area (Å²) in [5, 5.41) is 0. The van der Waals surface area contributed by atoms with Gasteiger partial charge in [0.1, 0.15) is 23.9 Å². The lowest BCUT2D eigenvalue weighted by Gasteiger charge is -2.15. The third kappa shape index (κ3) is 4.20. The Morgan fingerprint density at radius 3 is 2.43 bits per heavy atom. The van der Waals surface area contributed by atoms with Crippen LogP contribution in [0.25, 0.3) is 0 Å². The van der Waals surface area contributed by atoms with Crippen LogP contribution in [0, 0.1) is 12.7 Å². The zero-order chi connectivity index (χ0) is 15.2. The average Bonchev–Trinajstić information content (AvgIpc) is 2.47. The first kappa shape index (κ1) is 15.3. The van der Waals surface area contributed by atoms with Crippen LogP contribution in [0.1, 0.15) is 24.1 Å². The summed E-state index contributed by atoms with van der Waals surface area (Å²) in [5.41, 5.74) is 7.84. The Morgan fingerprint density at radius 1 is 1.10 bits per heavy atom. The second-order valence-corrected chi connectivity index (χ2v) is 4.83. The van der Waals surface area contributed by atoms with Gasteiger partial charge in [-0.15, -0.1) is 0 Å². The quantitative estimate of drug-likeness (QED) is 0.883. The molecular formula is C17H20FNO2. The van der Waals surface area contributed by atoms with Crippen molar-refractivity contribution in [2.75, 3.05) is 13.2 Å². The number of halogens is 1. The third-order valence-corrected chi connectivity index (χ3v) is 3.17. The Kier molecular flexibility index (Phi) is 5.17. The Balaban J connectivity index is 1.96. The van der Waals surface area contributed by atoms with Gasteiger partial charge in [-0.05, 0) is 55.3 Å². The molecule has 0 aliphatic carbocycles. The predicted octanol–water partition coefficient (Wildman–Crippen LogP) is 3.61. The molecule has 0 amide bonds. The third-order valence-electron chi connectivity index (χ3n) is 3.17. The summed E-state index contributed by atoms with van der Waals surface area (Å²) in [6.45, 7) is 4.72. The van der Waals surface area contributed by atoms with Crippen LogP contribution in [0.3, 0.4) is 0 Å². The molecule has 0 aliphatic rings. The Bertz CT molecular complexity index is 584. The molecule has 0 saturated heterocycles. The van der Waals surface area contributed by atoms with Gasteiger partial charge < -0.3 is 15.2 Å². The number of ether oxygens (including phenoxy) is 2. The fraction of sp³-hybridized carbons (Fsp3) is 0.294. The van der Waals surface area contributed by atoms with Crippen molar-refractivity contribution in [1.29, 1.82) is 0 Å². The normalized spacial score (nSPS) is 12.0. The molecule has 1 atom stereocenters. The van der Waals surface area contributed by atoms with Crippen molar-refractivity contribution in [3.63, 3.8) is 0 Å². The molecule has 0 aliphatic heterocycles. The predicted molar refractivity (Wildman–Crippen MR) is 81.2 cm³/mol. The van der Waals surface area contributed by atoms with E-state index in [9.17, 15) is 4.39 Å². The summed E-state index contributed by atoms with van der Waals surface area (Å²) in [6, 6.07) is 11.8. The highest BCUT2D eigenvalue weighted by Crippen LogP contribution is 2.21. The highest BCUT2D eigenvalue weighted by Gasteiger charge is 2.09. The van der Waals surface area contributed by atoms with E-state index in [1.165, 1.54) is 12.1 Å². The van der Waals surface area contributed by atoms with Gasteiger partial charge in [-0.3, -0.25) is 0 Å². The van der Waals surface area contributed by atoms with Gasteiger partial charge in [-0.1, -0.05) is 12.1 Å². The molecule has 0 bridgehead atoms. The summed E-state index contributed by atoms with van der Waals surface area (Å²) < 4.78 is 24.1. The maximum absolute atomic E-state index is 13.0. The number of benzene rings is 2. The zero-order valence-electron chi connectivity index (χ0n) is 12.3. The van der Waals surface area contributed by atoms with Crippen molar-refractivity contribution in [3.05, 3.63) is 59.4 Å². The van der Waals surface area contributed by atoms with Crippen molar-refractivity contribution < 1.29 is 13.9 Å². The molecule has 0 spiro atoms. The van der Waals surface area contributed by atoms with Gasteiger partial charge in [-0.25, -0.2) is 4.39 Å². The van der Waals surface area contributed by atoms with Gasteiger partial charge in [0.05, 0.1) is 12.6 Å². The van der Waals surface area contributed by atoms with E-state index in [-0.39, 0.29) is 11.9 Å². The molecule has 0 aromatic heterocycles. The monoisotopic (exact) mass is 289 g/mol. The molecule has 0 fully saturated rings. The van der Waals surface area contributed by atoms with E-state index in [4.69, 9.17) is 15.2 Å². The summed E-state index contributed by atoms with van der Waals surface area (Å²) in [6.07, 6.45) is 0. The SMILES string of the molecule is CCOc1ccc(C(N)COc2ccc(F)cc2C)cc1. The van der Waals surface area contributed by atoms with Crippen LogP contribution in [0.2, 0.25) is 0 Å². The number of aryl methyl sites for hydroxylation is 1. The largest absolute Gasteiger partial charge is 0.494 e. The highest BCUT2D eigenvalue weighted by atomic mass is 19.1. The maximum Gasteiger partial charge on any atom is 0.123 e. The van der Waals surface area contributed by atoms with Crippen LogP contribution in [-0.2, 0) is 0 Å². The van der Waals surface area contributed by atoms with Gasteiger partial charge in [0.2, 0.25) is 0 Å². The molecule has 3 nitrogen and oxygen atoms in total. The Labute approximate surface area is 124 Å². The van der Waals surface area contributed by atoms with Crippen molar-refractivity contribution >= 4 is 0 Å². The molecule has 2 aromatic carbocycles. The number of hydrogen-bond donors (Lipinski definition) is 1. The molecule has 112 valence electrons. The first-order chi connectivity index (χ1) is 10.1. The van der Waals surface area contributed by atoms with Crippen molar-refractivity contribution in [1.82, 2.24) is 0 Å². The molecule has 0 heterocycles. The Hall–Kier alpha value is -2.07. The topological polar surface area (TPSA) is 44.5 Å². The molecule has 2 aromatic rings. The second-order valence-electron chi connectivity index (χ2n) is 4.83. The standard InChI is InChI=1S/C17H20FNO2/c1-3-20-15-7-4-13(5-8-15)16(19)11-21-17-9-6-14(18)10-12(17)2/h4-10,16H,3,11,19H2,1-2H3. The van der Waals surface area contributed by atoms with E-state index in [0.717, 1.165) is 16.9 Å². The van der Waals surface area contributed by atoms with E-state index in [2.05, 4.69) is 0 Å². The summed E-state index contributed by atoms with van der Waals surface area (Å²) >= 11 is 0. The minimum absolute atomic E-state index is 0.245. The van der Waals surface area contributed by atoms with Gasteiger partial charge in [0.15, 0.2) is 0 Å². The Morgan fingerprint density at radius 2 is 1.81 bits per heavy atom. The molecule has 4 heteroatoms. The second kappa shape index (κ2) is 7.09. The molecule has 2 rings (SSSR count). The van der Waals surface area contributed by atoms with Crippen molar-refractivity contribution in [2.45, 2.75) is 19.9 Å². The van der Waals surface area contributed by atoms with Crippen LogP contribution in [0.5, 0.6) is 11.5 Å². The highest BCUT2D eigenvalue weighted by molar-refractivity contribution is 5.33. The van der Waals surface area contributed by atoms with E-state index in [0.29, 0.717) is 19.0 Å². The average molecular weight is 289 g/mol. The maximum atomic E-state index is 13.0. The number of nitrogens with two attached hydrogens (primary N) is 1. The zero-order valence-corrected chi connectivity index (χ0v) is 12.3. The van der Waals surface area contributed by atoms with Gasteiger partial charge in [0, 0.05) is 0 Å². The van der Waals surface area contributed by atoms with Crippen LogP contribution in [0.4, 0.5) is 4.39 Å². The van der Waals surface area contributed by atoms with E-state index in [1.54, 1.807) is 13.0 Å². The molecule has 0 radical (unpaired) electrons. The summed E-state index contributed by atoms with van der Waals surface area (Å²) in [4.78, 5) is 0. The fourth-order valence-corrected chi connectivity index (χ4v) is 2.03. The van der Waals surface area contributed by atoms with Crippen molar-refractivity contribution in [2.24, 2.45) is 5.73 Å². The van der Waals surface area contributed by atoms with Crippen LogP contribution < -0.4 is 15.2 Å². The molecule has 2 N–H and O–H groups in total. The minimum atomic E-state index is -0.268. The molecule has 0 saturated carbocycles. The summed E-state index contributed by atoms with van der Waals surface area (Å²) in [5.74, 6) is 1.21. The van der Waals surface area contributed by atoms with Gasteiger partial charge >= 0.3 is 0 Å². The first-order valence-electron chi connectivity index (χ1n) is 6.97. The molecule has 1 unspecified atom stereocenters. The fourth-order valence-electron chi connectivity index (χ4n) is 2.03. The van der Waals surface area contributed by atoms with E-state index < -0.39 is 0 Å². The molecular weight excluding hydrogens is 269 g/mol. The lowest BCUT2D eigenvalue weighted by molar-refractivity contribution is 0.288. The van der Waals surface area contributed by atoms with Crippen LogP contribution in [-0.4, -0.2) is 13.2 Å². The minimum Gasteiger partial charge on any atom is -0.494 e. The number of rotatable bonds is 6. The van der Waals surface area contributed by atoms with Crippen molar-refractivity contribution in [3.8, 4) is 11.5 Å². The smallest absolute Gasteiger partial charge is 0.123 e. The lowest BCUT2D eigenvalue weighted by atomic mass is 10.1. The van der Waals surface area contributed by atoms with E-state index >= 15 is 0 Å². The van der Waals surface area contributed by atoms with E-state index in [1.807, 2.05) is 31.2 Å². The van der Waals surface area contributed by atoms with Gasteiger partial charge in [-0.2, -0.15) is 0 Å². The molecule has 21 heavy (non-hydrogen) atoms. The lowest BCUT2D eigenvalue weighted by Crippen LogP contribution is -2.19. The first-order valence-corrected chi connectivity index (χ1v) is 6.97. The van der Waals surface area contributed by atoms with Gasteiger partial charge in [0.25, 0.3) is 0 Å². The van der Waals surface area contributed by atoms with Crippen LogP contribution >= 0.6 is 0 Å².